The normalized spacial score (nSPS) is 11.2. The van der Waals surface area contributed by atoms with Crippen LogP contribution in [-0.2, 0) is 11.3 Å². The Morgan fingerprint density at radius 3 is 2.67 bits per heavy atom. The molecule has 1 heterocycles. The minimum absolute atomic E-state index is 0.0560. The lowest BCUT2D eigenvalue weighted by Gasteiger charge is -2.13. The standard InChI is InChI=1S/C15H14F3N3O3/c1-20(2)14(23)8-21-7-11(6-19-21)12-5-10(9-22)3-4-13(12)24-15(16,17)18/h3-7,9H,8H2,1-2H3. The molecule has 0 bridgehead atoms. The van der Waals surface area contributed by atoms with Gasteiger partial charge in [-0.25, -0.2) is 0 Å². The minimum atomic E-state index is -4.87. The highest BCUT2D eigenvalue weighted by Crippen LogP contribution is 2.34. The molecule has 1 amide bonds. The van der Waals surface area contributed by atoms with Crippen molar-refractivity contribution in [3.05, 3.63) is 36.2 Å². The summed E-state index contributed by atoms with van der Waals surface area (Å²) in [5.74, 6) is -0.676. The number of likely N-dealkylation sites (N-methyl/N-ethyl adjacent to an activating group) is 1. The molecule has 0 aliphatic rings. The molecule has 24 heavy (non-hydrogen) atoms. The van der Waals surface area contributed by atoms with Gasteiger partial charge in [0.25, 0.3) is 0 Å². The number of aldehydes is 1. The van der Waals surface area contributed by atoms with E-state index >= 15 is 0 Å². The molecule has 0 radical (unpaired) electrons. The third kappa shape index (κ3) is 4.34. The molecular weight excluding hydrogens is 327 g/mol. The zero-order valence-corrected chi connectivity index (χ0v) is 12.9. The number of hydrogen-bond donors (Lipinski definition) is 0. The first-order valence-corrected chi connectivity index (χ1v) is 6.77. The lowest BCUT2D eigenvalue weighted by molar-refractivity contribution is -0.274. The fourth-order valence-electron chi connectivity index (χ4n) is 1.93. The predicted octanol–water partition coefficient (Wildman–Crippen LogP) is 2.35. The Hall–Kier alpha value is -2.84. The van der Waals surface area contributed by atoms with Gasteiger partial charge < -0.3 is 9.64 Å². The minimum Gasteiger partial charge on any atom is -0.405 e. The van der Waals surface area contributed by atoms with Crippen LogP contribution in [0.5, 0.6) is 5.75 Å². The van der Waals surface area contributed by atoms with Crippen molar-refractivity contribution in [2.24, 2.45) is 0 Å². The summed E-state index contributed by atoms with van der Waals surface area (Å²) in [6, 6.07) is 3.55. The molecule has 1 aromatic heterocycles. The maximum atomic E-state index is 12.5. The number of nitrogens with zero attached hydrogens (tertiary/aromatic N) is 3. The third-order valence-electron chi connectivity index (χ3n) is 3.11. The topological polar surface area (TPSA) is 64.4 Å². The average molecular weight is 341 g/mol. The molecule has 1 aromatic carbocycles. The fourth-order valence-corrected chi connectivity index (χ4v) is 1.93. The largest absolute Gasteiger partial charge is 0.573 e. The number of amides is 1. The van der Waals surface area contributed by atoms with Crippen molar-refractivity contribution < 1.29 is 27.5 Å². The predicted molar refractivity (Wildman–Crippen MR) is 78.4 cm³/mol. The first kappa shape index (κ1) is 17.5. The fraction of sp³-hybridized carbons (Fsp3) is 0.267. The van der Waals surface area contributed by atoms with Gasteiger partial charge in [-0.05, 0) is 18.2 Å². The highest BCUT2D eigenvalue weighted by atomic mass is 19.4. The molecule has 0 saturated heterocycles. The first-order valence-electron chi connectivity index (χ1n) is 6.77. The van der Waals surface area contributed by atoms with Crippen LogP contribution in [-0.4, -0.2) is 47.3 Å². The SMILES string of the molecule is CN(C)C(=O)Cn1cc(-c2cc(C=O)ccc2OC(F)(F)F)cn1. The van der Waals surface area contributed by atoms with Gasteiger partial charge in [-0.2, -0.15) is 5.10 Å². The maximum absolute atomic E-state index is 12.5. The van der Waals surface area contributed by atoms with Crippen molar-refractivity contribution in [3.8, 4) is 16.9 Å². The Balaban J connectivity index is 2.38. The van der Waals surface area contributed by atoms with Crippen LogP contribution in [0.3, 0.4) is 0 Å². The highest BCUT2D eigenvalue weighted by Gasteiger charge is 2.32. The Morgan fingerprint density at radius 2 is 2.08 bits per heavy atom. The van der Waals surface area contributed by atoms with E-state index in [9.17, 15) is 22.8 Å². The van der Waals surface area contributed by atoms with E-state index in [-0.39, 0.29) is 23.6 Å². The van der Waals surface area contributed by atoms with Crippen LogP contribution in [0.15, 0.2) is 30.6 Å². The molecule has 0 unspecified atom stereocenters. The summed E-state index contributed by atoms with van der Waals surface area (Å²) in [6.07, 6.45) is -1.64. The van der Waals surface area contributed by atoms with Crippen molar-refractivity contribution in [2.75, 3.05) is 14.1 Å². The lowest BCUT2D eigenvalue weighted by atomic mass is 10.1. The second-order valence-corrected chi connectivity index (χ2v) is 5.14. The van der Waals surface area contributed by atoms with Crippen LogP contribution < -0.4 is 4.74 Å². The van der Waals surface area contributed by atoms with Crippen LogP contribution in [0, 0.1) is 0 Å². The summed E-state index contributed by atoms with van der Waals surface area (Å²) >= 11 is 0. The summed E-state index contributed by atoms with van der Waals surface area (Å²) in [5, 5.41) is 3.95. The zero-order chi connectivity index (χ0) is 17.9. The molecule has 0 spiro atoms. The van der Waals surface area contributed by atoms with Crippen LogP contribution >= 0.6 is 0 Å². The van der Waals surface area contributed by atoms with Crippen molar-refractivity contribution >= 4 is 12.2 Å². The Bertz CT molecular complexity index is 754. The molecule has 0 saturated carbocycles. The Morgan fingerprint density at radius 1 is 1.38 bits per heavy atom. The van der Waals surface area contributed by atoms with Crippen LogP contribution in [0.1, 0.15) is 10.4 Å². The van der Waals surface area contributed by atoms with Gasteiger partial charge in [-0.1, -0.05) is 0 Å². The molecule has 128 valence electrons. The second kappa shape index (κ2) is 6.73. The molecular formula is C15H14F3N3O3. The van der Waals surface area contributed by atoms with Gasteiger partial charge in [-0.3, -0.25) is 14.3 Å². The van der Waals surface area contributed by atoms with Gasteiger partial charge in [0.2, 0.25) is 5.91 Å². The average Bonchev–Trinajstić information content (AvgIpc) is 2.94. The van der Waals surface area contributed by atoms with Crippen molar-refractivity contribution in [3.63, 3.8) is 0 Å². The highest BCUT2D eigenvalue weighted by molar-refractivity contribution is 5.81. The van der Waals surface area contributed by atoms with E-state index in [4.69, 9.17) is 0 Å². The van der Waals surface area contributed by atoms with Gasteiger partial charge in [0.15, 0.2) is 0 Å². The molecule has 0 N–H and O–H groups in total. The Labute approximate surface area is 135 Å². The molecule has 2 rings (SSSR count). The van der Waals surface area contributed by atoms with Gasteiger partial charge in [0.1, 0.15) is 18.6 Å². The number of aromatic nitrogens is 2. The molecule has 2 aromatic rings. The summed E-state index contributed by atoms with van der Waals surface area (Å²) < 4.78 is 42.8. The molecule has 9 heteroatoms. The molecule has 6 nitrogen and oxygen atoms in total. The molecule has 0 aliphatic heterocycles. The summed E-state index contributed by atoms with van der Waals surface area (Å²) in [4.78, 5) is 23.9. The van der Waals surface area contributed by atoms with Crippen molar-refractivity contribution in [2.45, 2.75) is 12.9 Å². The number of hydrogen-bond acceptors (Lipinski definition) is 4. The number of carbonyl (C=O) groups excluding carboxylic acids is 2. The first-order chi connectivity index (χ1) is 11.2. The van der Waals surface area contributed by atoms with E-state index in [1.54, 1.807) is 14.1 Å². The van der Waals surface area contributed by atoms with Crippen LogP contribution in [0.25, 0.3) is 11.1 Å². The van der Waals surface area contributed by atoms with E-state index in [0.717, 1.165) is 6.07 Å². The summed E-state index contributed by atoms with van der Waals surface area (Å²) in [6.45, 7) is -0.0597. The quantitative estimate of drug-likeness (QED) is 0.783. The van der Waals surface area contributed by atoms with E-state index in [2.05, 4.69) is 9.84 Å². The van der Waals surface area contributed by atoms with E-state index < -0.39 is 12.1 Å². The number of benzene rings is 1. The molecule has 0 aliphatic carbocycles. The maximum Gasteiger partial charge on any atom is 0.573 e. The number of carbonyl (C=O) groups is 2. The van der Waals surface area contributed by atoms with E-state index in [0.29, 0.717) is 11.8 Å². The third-order valence-corrected chi connectivity index (χ3v) is 3.11. The number of ether oxygens (including phenoxy) is 1. The monoisotopic (exact) mass is 341 g/mol. The zero-order valence-electron chi connectivity index (χ0n) is 12.9. The van der Waals surface area contributed by atoms with E-state index in [1.165, 1.54) is 34.1 Å². The van der Waals surface area contributed by atoms with Crippen LogP contribution in [0.4, 0.5) is 13.2 Å². The lowest BCUT2D eigenvalue weighted by Crippen LogP contribution is -2.26. The van der Waals surface area contributed by atoms with Gasteiger partial charge in [-0.15, -0.1) is 13.2 Å². The van der Waals surface area contributed by atoms with Gasteiger partial charge >= 0.3 is 6.36 Å². The number of halogens is 3. The van der Waals surface area contributed by atoms with Crippen molar-refractivity contribution in [1.82, 2.24) is 14.7 Å². The summed E-state index contributed by atoms with van der Waals surface area (Å²) in [7, 11) is 3.16. The number of rotatable bonds is 5. The number of alkyl halides is 3. The van der Waals surface area contributed by atoms with Gasteiger partial charge in [0, 0.05) is 37.0 Å². The second-order valence-electron chi connectivity index (χ2n) is 5.14. The Kier molecular flexibility index (Phi) is 4.91. The van der Waals surface area contributed by atoms with Gasteiger partial charge in [0.05, 0.1) is 6.20 Å². The van der Waals surface area contributed by atoms with Crippen molar-refractivity contribution in [1.29, 1.82) is 0 Å². The molecule has 0 atom stereocenters. The van der Waals surface area contributed by atoms with Crippen LogP contribution in [0.2, 0.25) is 0 Å². The van der Waals surface area contributed by atoms with E-state index in [1.807, 2.05) is 0 Å². The summed E-state index contributed by atoms with van der Waals surface area (Å²) in [5.41, 5.74) is 0.543. The molecule has 0 fully saturated rings. The smallest absolute Gasteiger partial charge is 0.405 e.